The Labute approximate surface area is 347 Å². The van der Waals surface area contributed by atoms with Gasteiger partial charge >= 0.3 is 5.97 Å². The van der Waals surface area contributed by atoms with Gasteiger partial charge in [0.05, 0.1) is 60.0 Å². The number of nitrogens with two attached hydrogens (primary N) is 1. The minimum Gasteiger partial charge on any atom is -0.478 e. The Kier molecular flexibility index (Phi) is 16.0. The van der Waals surface area contributed by atoms with E-state index in [9.17, 15) is 14.7 Å². The predicted octanol–water partition coefficient (Wildman–Crippen LogP) is 7.24. The van der Waals surface area contributed by atoms with Crippen molar-refractivity contribution < 1.29 is 24.2 Å². The van der Waals surface area contributed by atoms with Crippen molar-refractivity contribution in [2.75, 3.05) is 78.8 Å². The van der Waals surface area contributed by atoms with Gasteiger partial charge in [0.15, 0.2) is 0 Å². The number of nitrogens with zero attached hydrogens (tertiary/aromatic N) is 4. The summed E-state index contributed by atoms with van der Waals surface area (Å²) >= 11 is 0. The van der Waals surface area contributed by atoms with Gasteiger partial charge in [0.2, 0.25) is 0 Å². The van der Waals surface area contributed by atoms with Crippen LogP contribution in [0.3, 0.4) is 0 Å². The first-order chi connectivity index (χ1) is 28.8. The van der Waals surface area contributed by atoms with Crippen molar-refractivity contribution in [2.45, 2.75) is 26.7 Å². The molecule has 0 bridgehead atoms. The Morgan fingerprint density at radius 3 is 1.58 bits per heavy atom. The second-order valence-corrected chi connectivity index (χ2v) is 14.8. The molecular formula is C48H56N6O5. The van der Waals surface area contributed by atoms with Crippen molar-refractivity contribution in [1.82, 2.24) is 25.1 Å². The molecule has 1 amide bonds. The summed E-state index contributed by atoms with van der Waals surface area (Å²) < 4.78 is 10.6. The highest BCUT2D eigenvalue weighted by molar-refractivity contribution is 6.07. The quantitative estimate of drug-likeness (QED) is 0.115. The van der Waals surface area contributed by atoms with Crippen LogP contribution in [0.15, 0.2) is 109 Å². The highest BCUT2D eigenvalue weighted by Gasteiger charge is 2.16. The molecule has 11 nitrogen and oxygen atoms in total. The van der Waals surface area contributed by atoms with Gasteiger partial charge in [-0.2, -0.15) is 0 Å². The third-order valence-electron chi connectivity index (χ3n) is 10.4. The normalized spacial score (nSPS) is 14.5. The Balaban J connectivity index is 0.000000168. The summed E-state index contributed by atoms with van der Waals surface area (Å²) in [5.41, 5.74) is 13.5. The lowest BCUT2D eigenvalue weighted by Crippen LogP contribution is -2.38. The molecule has 308 valence electrons. The number of carbonyl (C=O) groups excluding carboxylic acids is 1. The largest absolute Gasteiger partial charge is 0.478 e. The van der Waals surface area contributed by atoms with Crippen molar-refractivity contribution >= 4 is 33.7 Å². The summed E-state index contributed by atoms with van der Waals surface area (Å²) in [6.07, 6.45) is 2.04. The van der Waals surface area contributed by atoms with E-state index in [2.05, 4.69) is 20.1 Å². The fourth-order valence-electron chi connectivity index (χ4n) is 7.12. The summed E-state index contributed by atoms with van der Waals surface area (Å²) in [6.45, 7) is 15.1. The molecule has 4 heterocycles. The van der Waals surface area contributed by atoms with Gasteiger partial charge in [0, 0.05) is 54.6 Å². The average molecular weight is 797 g/mol. The van der Waals surface area contributed by atoms with Crippen LogP contribution < -0.4 is 11.1 Å². The van der Waals surface area contributed by atoms with Crippen LogP contribution in [-0.4, -0.2) is 116 Å². The fourth-order valence-corrected chi connectivity index (χ4v) is 7.12. The molecule has 0 spiro atoms. The average Bonchev–Trinajstić information content (AvgIpc) is 3.28. The van der Waals surface area contributed by atoms with Crippen LogP contribution in [0.25, 0.3) is 44.3 Å². The number of fused-ring (bicyclic) bond motifs is 2. The number of carboxylic acid groups (broad SMARTS) is 1. The SMILES string of the molecule is Cc1ccc2nc(-c3ccccc3)cc(C(=O)NCCCN3CCOCC3)c2c1.Cc1ccc2nc(-c3ccccc3)cc(C(=O)O)c2c1.NCCCN1CCOCC1. The number of carboxylic acids is 1. The third-order valence-corrected chi connectivity index (χ3v) is 10.4. The van der Waals surface area contributed by atoms with Crippen molar-refractivity contribution in [2.24, 2.45) is 5.73 Å². The maximum absolute atomic E-state index is 13.0. The first-order valence-electron chi connectivity index (χ1n) is 20.5. The summed E-state index contributed by atoms with van der Waals surface area (Å²) in [6, 6.07) is 34.9. The molecule has 4 N–H and O–H groups in total. The Morgan fingerprint density at radius 1 is 0.644 bits per heavy atom. The molecule has 2 saturated heterocycles. The van der Waals surface area contributed by atoms with E-state index in [1.165, 1.54) is 0 Å². The number of aromatic carboxylic acids is 1. The molecular weight excluding hydrogens is 741 g/mol. The van der Waals surface area contributed by atoms with Gasteiger partial charge in [-0.15, -0.1) is 0 Å². The van der Waals surface area contributed by atoms with E-state index in [-0.39, 0.29) is 11.5 Å². The van der Waals surface area contributed by atoms with E-state index in [1.54, 1.807) is 6.07 Å². The van der Waals surface area contributed by atoms with Crippen molar-refractivity contribution in [1.29, 1.82) is 0 Å². The van der Waals surface area contributed by atoms with Crippen LogP contribution in [-0.2, 0) is 9.47 Å². The third kappa shape index (κ3) is 12.5. The number of hydrogen-bond acceptors (Lipinski definition) is 9. The van der Waals surface area contributed by atoms with Crippen LogP contribution in [0.1, 0.15) is 44.7 Å². The molecule has 0 aliphatic carbocycles. The van der Waals surface area contributed by atoms with Gasteiger partial charge in [-0.1, -0.05) is 83.9 Å². The number of aryl methyl sites for hydroxylation is 2. The van der Waals surface area contributed by atoms with Crippen LogP contribution in [0.2, 0.25) is 0 Å². The number of pyridine rings is 2. The molecule has 0 atom stereocenters. The Bertz CT molecular complexity index is 2280. The number of morpholine rings is 2. The fraction of sp³-hybridized carbons (Fsp3) is 0.333. The van der Waals surface area contributed by atoms with Gasteiger partial charge in [-0.3, -0.25) is 14.6 Å². The molecule has 0 saturated carbocycles. The van der Waals surface area contributed by atoms with Crippen LogP contribution in [0.5, 0.6) is 0 Å². The smallest absolute Gasteiger partial charge is 0.336 e. The lowest BCUT2D eigenvalue weighted by atomic mass is 10.0. The topological polar surface area (TPSA) is 143 Å². The van der Waals surface area contributed by atoms with E-state index in [4.69, 9.17) is 20.2 Å². The van der Waals surface area contributed by atoms with Crippen LogP contribution >= 0.6 is 0 Å². The second-order valence-electron chi connectivity index (χ2n) is 14.8. The van der Waals surface area contributed by atoms with Gasteiger partial charge in [-0.25, -0.2) is 14.8 Å². The first kappa shape index (κ1) is 43.0. The number of hydrogen-bond donors (Lipinski definition) is 3. The number of amides is 1. The molecule has 2 aliphatic rings. The van der Waals surface area contributed by atoms with E-state index < -0.39 is 5.97 Å². The summed E-state index contributed by atoms with van der Waals surface area (Å²) in [5.74, 6) is -0.970. The number of ether oxygens (including phenoxy) is 2. The van der Waals surface area contributed by atoms with E-state index in [0.717, 1.165) is 124 Å². The van der Waals surface area contributed by atoms with Crippen molar-refractivity contribution in [3.8, 4) is 22.5 Å². The van der Waals surface area contributed by atoms with E-state index >= 15 is 0 Å². The maximum Gasteiger partial charge on any atom is 0.336 e. The zero-order chi connectivity index (χ0) is 41.4. The van der Waals surface area contributed by atoms with Gasteiger partial charge in [0.25, 0.3) is 5.91 Å². The zero-order valence-electron chi connectivity index (χ0n) is 34.2. The molecule has 4 aromatic carbocycles. The van der Waals surface area contributed by atoms with E-state index in [0.29, 0.717) is 28.7 Å². The Morgan fingerprint density at radius 2 is 1.10 bits per heavy atom. The molecule has 2 aliphatic heterocycles. The molecule has 59 heavy (non-hydrogen) atoms. The number of aromatic nitrogens is 2. The Hall–Kier alpha value is -5.56. The number of nitrogens with one attached hydrogen (secondary N) is 1. The standard InChI is InChI=1S/C24H27N3O2.C17H13NO2.C7H16N2O/c1-18-8-9-22-20(16-18)21(17-23(26-22)19-6-3-2-4-7-19)24(28)25-10-5-11-27-12-14-29-15-13-27;1-11-7-8-15-13(9-11)14(17(19)20)10-16(18-15)12-5-3-2-4-6-12;8-2-1-3-9-4-6-10-7-5-9/h2-4,6-9,16-17H,5,10-15H2,1H3,(H,25,28);2-10H,1H3,(H,19,20);1-8H2. The number of benzene rings is 4. The van der Waals surface area contributed by atoms with Crippen molar-refractivity contribution in [3.05, 3.63) is 131 Å². The summed E-state index contributed by atoms with van der Waals surface area (Å²) in [5, 5.41) is 14.1. The van der Waals surface area contributed by atoms with Gasteiger partial charge in [-0.05, 0) is 82.7 Å². The predicted molar refractivity (Wildman–Crippen MR) is 236 cm³/mol. The maximum atomic E-state index is 13.0. The number of carbonyl (C=O) groups is 2. The molecule has 0 radical (unpaired) electrons. The molecule has 2 fully saturated rings. The lowest BCUT2D eigenvalue weighted by molar-refractivity contribution is 0.0374. The molecule has 0 unspecified atom stereocenters. The minimum atomic E-state index is -0.930. The lowest BCUT2D eigenvalue weighted by Gasteiger charge is -2.26. The van der Waals surface area contributed by atoms with Crippen LogP contribution in [0.4, 0.5) is 0 Å². The van der Waals surface area contributed by atoms with Gasteiger partial charge < -0.3 is 25.6 Å². The number of rotatable bonds is 11. The van der Waals surface area contributed by atoms with Crippen molar-refractivity contribution in [3.63, 3.8) is 0 Å². The van der Waals surface area contributed by atoms with Crippen LogP contribution in [0, 0.1) is 13.8 Å². The summed E-state index contributed by atoms with van der Waals surface area (Å²) in [4.78, 5) is 38.7. The highest BCUT2D eigenvalue weighted by atomic mass is 16.5. The monoisotopic (exact) mass is 796 g/mol. The first-order valence-corrected chi connectivity index (χ1v) is 20.5. The minimum absolute atomic E-state index is 0.0397. The van der Waals surface area contributed by atoms with Gasteiger partial charge in [0.1, 0.15) is 0 Å². The molecule has 2 aromatic heterocycles. The second kappa shape index (κ2) is 22.0. The zero-order valence-corrected chi connectivity index (χ0v) is 34.2. The molecule has 6 aromatic rings. The summed E-state index contributed by atoms with van der Waals surface area (Å²) in [7, 11) is 0. The van der Waals surface area contributed by atoms with E-state index in [1.807, 2.05) is 117 Å². The highest BCUT2D eigenvalue weighted by Crippen LogP contribution is 2.27. The molecule has 8 rings (SSSR count). The molecule has 11 heteroatoms.